The maximum atomic E-state index is 11.5. The number of nitrogens with zero attached hydrogens (tertiary/aromatic N) is 2. The smallest absolute Gasteiger partial charge is 0.236 e. The molecule has 0 radical (unpaired) electrons. The fourth-order valence-corrected chi connectivity index (χ4v) is 2.50. The van der Waals surface area contributed by atoms with E-state index in [1.165, 1.54) is 4.68 Å². The number of nitrogens with one attached hydrogen (secondary N) is 1. The van der Waals surface area contributed by atoms with Gasteiger partial charge in [-0.1, -0.05) is 0 Å². The van der Waals surface area contributed by atoms with Crippen LogP contribution in [0.4, 0.5) is 5.82 Å². The topological polar surface area (TPSA) is 64.0 Å². The molecule has 5 nitrogen and oxygen atoms in total. The van der Waals surface area contributed by atoms with E-state index in [1.807, 2.05) is 0 Å². The molecule has 1 fully saturated rings. The van der Waals surface area contributed by atoms with Crippen molar-refractivity contribution < 1.29 is 8.42 Å². The Labute approximate surface area is 76.8 Å². The lowest BCUT2D eigenvalue weighted by Crippen LogP contribution is -2.19. The number of aryl methyl sites for hydroxylation is 1. The van der Waals surface area contributed by atoms with E-state index in [9.17, 15) is 8.42 Å². The zero-order valence-electron chi connectivity index (χ0n) is 7.27. The molecule has 0 atom stereocenters. The Kier molecular flexibility index (Phi) is 1.80. The fraction of sp³-hybridized carbons (Fsp3) is 0.571. The Morgan fingerprint density at radius 3 is 2.77 bits per heavy atom. The highest BCUT2D eigenvalue weighted by molar-refractivity contribution is 7.93. The highest BCUT2D eigenvalue weighted by atomic mass is 32.2. The normalized spacial score (nSPS) is 17.3. The van der Waals surface area contributed by atoms with Crippen molar-refractivity contribution in [2.24, 2.45) is 7.05 Å². The van der Waals surface area contributed by atoms with Crippen LogP contribution < -0.4 is 4.72 Å². The third-order valence-corrected chi connectivity index (χ3v) is 3.87. The van der Waals surface area contributed by atoms with Crippen LogP contribution in [0.3, 0.4) is 0 Å². The lowest BCUT2D eigenvalue weighted by molar-refractivity contribution is 0.599. The van der Waals surface area contributed by atoms with E-state index in [0.29, 0.717) is 5.82 Å². The average Bonchev–Trinajstić information content (AvgIpc) is 2.80. The van der Waals surface area contributed by atoms with Gasteiger partial charge in [0.2, 0.25) is 10.0 Å². The molecule has 0 spiro atoms. The molecule has 0 saturated heterocycles. The molecule has 1 aliphatic rings. The molecule has 1 aromatic rings. The SMILES string of the molecule is Cn1nccc1NS(=O)(=O)C1CC1. The van der Waals surface area contributed by atoms with E-state index in [-0.39, 0.29) is 5.25 Å². The van der Waals surface area contributed by atoms with Crippen LogP contribution in [-0.4, -0.2) is 23.4 Å². The number of aromatic nitrogens is 2. The average molecular weight is 201 g/mol. The minimum absolute atomic E-state index is 0.192. The summed E-state index contributed by atoms with van der Waals surface area (Å²) in [6, 6.07) is 1.64. The first-order chi connectivity index (χ1) is 6.09. The molecule has 0 aliphatic heterocycles. The summed E-state index contributed by atoms with van der Waals surface area (Å²) in [5.74, 6) is 0.520. The molecule has 0 aromatic carbocycles. The Morgan fingerprint density at radius 2 is 2.31 bits per heavy atom. The molecule has 72 valence electrons. The van der Waals surface area contributed by atoms with Crippen LogP contribution in [0.5, 0.6) is 0 Å². The van der Waals surface area contributed by atoms with Gasteiger partial charge in [0.1, 0.15) is 5.82 Å². The van der Waals surface area contributed by atoms with Gasteiger partial charge < -0.3 is 0 Å². The van der Waals surface area contributed by atoms with E-state index in [4.69, 9.17) is 0 Å². The first-order valence-corrected chi connectivity index (χ1v) is 5.64. The number of anilines is 1. The number of hydrogen-bond donors (Lipinski definition) is 1. The molecule has 0 amide bonds. The molecule has 6 heteroatoms. The lowest BCUT2D eigenvalue weighted by atomic mass is 10.7. The summed E-state index contributed by atoms with van der Waals surface area (Å²) in [4.78, 5) is 0. The molecule has 1 heterocycles. The third-order valence-electron chi connectivity index (χ3n) is 2.03. The van der Waals surface area contributed by atoms with Crippen LogP contribution in [0.1, 0.15) is 12.8 Å². The predicted octanol–water partition coefficient (Wildman–Crippen LogP) is 0.324. The molecule has 1 aromatic heterocycles. The number of sulfonamides is 1. The monoisotopic (exact) mass is 201 g/mol. The summed E-state index contributed by atoms with van der Waals surface area (Å²) in [6.45, 7) is 0. The van der Waals surface area contributed by atoms with Crippen LogP contribution in [0.2, 0.25) is 0 Å². The highest BCUT2D eigenvalue weighted by Gasteiger charge is 2.36. The van der Waals surface area contributed by atoms with Crippen molar-refractivity contribution in [2.75, 3.05) is 4.72 Å². The highest BCUT2D eigenvalue weighted by Crippen LogP contribution is 2.29. The number of hydrogen-bond acceptors (Lipinski definition) is 3. The van der Waals surface area contributed by atoms with Crippen molar-refractivity contribution in [3.8, 4) is 0 Å². The van der Waals surface area contributed by atoms with Crippen molar-refractivity contribution in [2.45, 2.75) is 18.1 Å². The van der Waals surface area contributed by atoms with Gasteiger partial charge in [0.05, 0.1) is 11.4 Å². The summed E-state index contributed by atoms with van der Waals surface area (Å²) in [5, 5.41) is 3.68. The second-order valence-electron chi connectivity index (χ2n) is 3.19. The Bertz CT molecular complexity index is 405. The van der Waals surface area contributed by atoms with Gasteiger partial charge >= 0.3 is 0 Å². The first-order valence-electron chi connectivity index (χ1n) is 4.09. The molecule has 0 unspecified atom stereocenters. The van der Waals surface area contributed by atoms with E-state index in [2.05, 4.69) is 9.82 Å². The minimum Gasteiger partial charge on any atom is -0.267 e. The second-order valence-corrected chi connectivity index (χ2v) is 5.15. The van der Waals surface area contributed by atoms with Crippen LogP contribution in [-0.2, 0) is 17.1 Å². The van der Waals surface area contributed by atoms with Crippen LogP contribution >= 0.6 is 0 Å². The zero-order valence-corrected chi connectivity index (χ0v) is 8.08. The maximum Gasteiger partial charge on any atom is 0.236 e. The van der Waals surface area contributed by atoms with Gasteiger partial charge in [0.25, 0.3) is 0 Å². The standard InChI is InChI=1S/C7H11N3O2S/c1-10-7(4-5-8-10)9-13(11,12)6-2-3-6/h4-6,9H,2-3H2,1H3. The van der Waals surface area contributed by atoms with E-state index in [1.54, 1.807) is 19.3 Å². The third kappa shape index (κ3) is 1.67. The molecule has 1 aliphatic carbocycles. The Morgan fingerprint density at radius 1 is 1.62 bits per heavy atom. The Balaban J connectivity index is 2.18. The maximum absolute atomic E-state index is 11.5. The fourth-order valence-electron chi connectivity index (χ4n) is 1.08. The van der Waals surface area contributed by atoms with Crippen molar-refractivity contribution >= 4 is 15.8 Å². The van der Waals surface area contributed by atoms with Crippen molar-refractivity contribution in [1.82, 2.24) is 9.78 Å². The molecule has 1 saturated carbocycles. The quantitative estimate of drug-likeness (QED) is 0.766. The summed E-state index contributed by atoms with van der Waals surface area (Å²) in [6.07, 6.45) is 3.10. The van der Waals surface area contributed by atoms with Crippen LogP contribution in [0.15, 0.2) is 12.3 Å². The zero-order chi connectivity index (χ0) is 9.47. The minimum atomic E-state index is -3.14. The summed E-state index contributed by atoms with van der Waals surface area (Å²) >= 11 is 0. The van der Waals surface area contributed by atoms with Gasteiger partial charge in [-0.05, 0) is 12.8 Å². The summed E-state index contributed by atoms with van der Waals surface area (Å²) in [7, 11) is -1.44. The van der Waals surface area contributed by atoms with Gasteiger partial charge in [-0.15, -0.1) is 0 Å². The largest absolute Gasteiger partial charge is 0.267 e. The van der Waals surface area contributed by atoms with Crippen molar-refractivity contribution in [1.29, 1.82) is 0 Å². The van der Waals surface area contributed by atoms with Crippen molar-refractivity contribution in [3.63, 3.8) is 0 Å². The Hall–Kier alpha value is -1.04. The van der Waals surface area contributed by atoms with Crippen LogP contribution in [0.25, 0.3) is 0 Å². The van der Waals surface area contributed by atoms with Gasteiger partial charge in [0.15, 0.2) is 0 Å². The van der Waals surface area contributed by atoms with Gasteiger partial charge in [-0.25, -0.2) is 8.42 Å². The van der Waals surface area contributed by atoms with Crippen LogP contribution in [0, 0.1) is 0 Å². The van der Waals surface area contributed by atoms with Gasteiger partial charge in [0, 0.05) is 13.1 Å². The van der Waals surface area contributed by atoms with E-state index in [0.717, 1.165) is 12.8 Å². The first kappa shape index (κ1) is 8.55. The molecule has 2 rings (SSSR count). The van der Waals surface area contributed by atoms with E-state index < -0.39 is 10.0 Å². The van der Waals surface area contributed by atoms with Gasteiger partial charge in [-0.3, -0.25) is 9.40 Å². The predicted molar refractivity (Wildman–Crippen MR) is 48.8 cm³/mol. The summed E-state index contributed by atoms with van der Waals surface area (Å²) in [5.41, 5.74) is 0. The van der Waals surface area contributed by atoms with Crippen molar-refractivity contribution in [3.05, 3.63) is 12.3 Å². The molecule has 13 heavy (non-hydrogen) atoms. The van der Waals surface area contributed by atoms with Gasteiger partial charge in [-0.2, -0.15) is 5.10 Å². The molecular formula is C7H11N3O2S. The lowest BCUT2D eigenvalue weighted by Gasteiger charge is -2.05. The molecule has 0 bridgehead atoms. The summed E-state index contributed by atoms with van der Waals surface area (Å²) < 4.78 is 26.9. The molecular weight excluding hydrogens is 190 g/mol. The van der Waals surface area contributed by atoms with E-state index >= 15 is 0 Å². The molecule has 1 N–H and O–H groups in total. The number of rotatable bonds is 3. The second kappa shape index (κ2) is 2.73.